The molecule has 0 atom stereocenters. The molecule has 0 aliphatic heterocycles. The van der Waals surface area contributed by atoms with Crippen LogP contribution in [0.5, 0.6) is 11.5 Å². The zero-order chi connectivity index (χ0) is 54.9. The van der Waals surface area contributed by atoms with Gasteiger partial charge in [-0.15, -0.1) is 0 Å². The summed E-state index contributed by atoms with van der Waals surface area (Å²) in [6.07, 6.45) is 0. The Morgan fingerprint density at radius 3 is 0.773 bits per heavy atom. The predicted molar refractivity (Wildman–Crippen MR) is 201 cm³/mol. The standard InChI is InChI=1S/C45BF27O2/c47-18-5-6-16(34(63)40(69)39(68)19(6)48)45(72,73)15(5)17(35(64)38(18)67)46(74-43-13-3-1-7(20(49)22(51)11(3)30(59)41(43)70)26(55)36(65)28(57)9(1)24(53)32(13)61)75-44-14-4-2-8(21(50)23(52)12(4)31(60)42(44)71)27(56)37(66)29(58)10(2)25(54)33(14)62. The molecule has 0 saturated heterocycles. The summed E-state index contributed by atoms with van der Waals surface area (Å²) < 4.78 is 434. The van der Waals surface area contributed by atoms with Gasteiger partial charge in [0.1, 0.15) is 0 Å². The zero-order valence-corrected chi connectivity index (χ0v) is 34.1. The van der Waals surface area contributed by atoms with Gasteiger partial charge < -0.3 is 9.31 Å². The average molecular weight is 1100 g/mol. The number of benzene rings is 10. The van der Waals surface area contributed by atoms with Gasteiger partial charge in [-0.2, -0.15) is 17.6 Å². The summed E-state index contributed by atoms with van der Waals surface area (Å²) in [4.78, 5) is 0. The van der Waals surface area contributed by atoms with Crippen molar-refractivity contribution in [3.63, 3.8) is 0 Å². The molecule has 0 spiro atoms. The predicted octanol–water partition coefficient (Wildman–Crippen LogP) is 14.9. The topological polar surface area (TPSA) is 18.5 Å². The minimum Gasteiger partial charge on any atom is -0.519 e. The Hall–Kier alpha value is -7.95. The molecule has 0 unspecified atom stereocenters. The Bertz CT molecular complexity index is 4150. The van der Waals surface area contributed by atoms with Crippen molar-refractivity contribution in [2.24, 2.45) is 0 Å². The highest BCUT2D eigenvalue weighted by Crippen LogP contribution is 2.56. The summed E-state index contributed by atoms with van der Waals surface area (Å²) in [7, 11) is -4.65. The van der Waals surface area contributed by atoms with Crippen LogP contribution in [0, 0.1) is 145 Å². The molecule has 0 heterocycles. The number of alkyl halides is 2. The Morgan fingerprint density at radius 1 is 0.213 bits per heavy atom. The Morgan fingerprint density at radius 2 is 0.440 bits per heavy atom. The number of hydrogen-bond acceptors (Lipinski definition) is 2. The molecule has 1 aliphatic rings. The first-order chi connectivity index (χ1) is 35.0. The lowest BCUT2D eigenvalue weighted by Gasteiger charge is -2.26. The fourth-order valence-electron chi connectivity index (χ4n) is 9.51. The molecular formula is C45BF27O2. The van der Waals surface area contributed by atoms with Gasteiger partial charge in [0.15, 0.2) is 157 Å². The van der Waals surface area contributed by atoms with E-state index in [1.54, 1.807) is 0 Å². The molecule has 10 aromatic rings. The Balaban J connectivity index is 1.33. The molecule has 384 valence electrons. The maximum absolute atomic E-state index is 16.7. The van der Waals surface area contributed by atoms with E-state index in [0.29, 0.717) is 0 Å². The first-order valence-electron chi connectivity index (χ1n) is 19.5. The van der Waals surface area contributed by atoms with E-state index in [2.05, 4.69) is 0 Å². The lowest BCUT2D eigenvalue weighted by atomic mass is 9.72. The highest BCUT2D eigenvalue weighted by atomic mass is 19.3. The molecule has 0 N–H and O–H groups in total. The summed E-state index contributed by atoms with van der Waals surface area (Å²) in [5, 5.41) is -27.5. The van der Waals surface area contributed by atoms with Crippen LogP contribution in [0.4, 0.5) is 119 Å². The van der Waals surface area contributed by atoms with E-state index in [0.717, 1.165) is 0 Å². The van der Waals surface area contributed by atoms with E-state index in [-0.39, 0.29) is 0 Å². The quantitative estimate of drug-likeness (QED) is 0.0562. The summed E-state index contributed by atoms with van der Waals surface area (Å²) in [6.45, 7) is 0. The first-order valence-corrected chi connectivity index (χ1v) is 19.5. The van der Waals surface area contributed by atoms with Crippen molar-refractivity contribution < 1.29 is 128 Å². The van der Waals surface area contributed by atoms with Crippen LogP contribution in [0.2, 0.25) is 0 Å². The molecule has 0 radical (unpaired) electrons. The van der Waals surface area contributed by atoms with Crippen LogP contribution in [0.3, 0.4) is 0 Å². The van der Waals surface area contributed by atoms with Gasteiger partial charge in [-0.3, -0.25) is 0 Å². The third-order valence-corrected chi connectivity index (χ3v) is 12.5. The lowest BCUT2D eigenvalue weighted by molar-refractivity contribution is 0.0433. The van der Waals surface area contributed by atoms with Crippen molar-refractivity contribution in [1.82, 2.24) is 0 Å². The van der Waals surface area contributed by atoms with Crippen LogP contribution in [-0.2, 0) is 5.92 Å². The number of halogens is 27. The fraction of sp³-hybridized carbons (Fsp3) is 0.0222. The summed E-state index contributed by atoms with van der Waals surface area (Å²) in [6, 6.07) is 0. The SMILES string of the molecule is Fc1c(F)c(F)c2c(c1F)-c1c(F)c(F)c(F)c(B(Oc3c(F)c(F)c4c(F)c(F)c5c(F)c(F)c(F)c6c(F)c(F)c3c4c56)Oc3c(F)c(F)c4c(F)c(F)c5c(F)c(F)c(F)c6c(F)c(F)c3c4c56)c1C2(F)F. The fourth-order valence-corrected chi connectivity index (χ4v) is 9.51. The minimum atomic E-state index is -6.05. The average Bonchev–Trinajstić information content (AvgIpc) is 3.69. The second-order valence-corrected chi connectivity index (χ2v) is 16.1. The monoisotopic (exact) mass is 1100 g/mol. The molecule has 0 bridgehead atoms. The van der Waals surface area contributed by atoms with E-state index < -0.39 is 262 Å². The van der Waals surface area contributed by atoms with Gasteiger partial charge in [0.25, 0.3) is 0 Å². The molecule has 30 heteroatoms. The van der Waals surface area contributed by atoms with Crippen molar-refractivity contribution in [3.8, 4) is 22.6 Å². The van der Waals surface area contributed by atoms with Gasteiger partial charge >= 0.3 is 13.0 Å². The molecule has 0 aromatic heterocycles. The molecular weight excluding hydrogens is 1100 g/mol. The highest BCUT2D eigenvalue weighted by Gasteiger charge is 2.58. The van der Waals surface area contributed by atoms with Crippen LogP contribution in [0.15, 0.2) is 0 Å². The number of fused-ring (bicyclic) bond motifs is 3. The van der Waals surface area contributed by atoms with E-state index >= 15 is 101 Å². The van der Waals surface area contributed by atoms with Crippen molar-refractivity contribution in [2.75, 3.05) is 0 Å². The maximum Gasteiger partial charge on any atom is 0.636 e. The largest absolute Gasteiger partial charge is 0.636 e. The third-order valence-electron chi connectivity index (χ3n) is 12.5. The summed E-state index contributed by atoms with van der Waals surface area (Å²) in [5.74, 6) is -88.6. The Kier molecular flexibility index (Phi) is 10.1. The van der Waals surface area contributed by atoms with E-state index in [1.807, 2.05) is 0 Å². The van der Waals surface area contributed by atoms with Gasteiger partial charge in [0.05, 0.1) is 54.1 Å². The molecule has 1 aliphatic carbocycles. The van der Waals surface area contributed by atoms with Crippen LogP contribution >= 0.6 is 0 Å². The molecule has 2 nitrogen and oxygen atoms in total. The number of rotatable bonds is 5. The zero-order valence-electron chi connectivity index (χ0n) is 34.1. The molecule has 75 heavy (non-hydrogen) atoms. The molecule has 0 saturated carbocycles. The van der Waals surface area contributed by atoms with Gasteiger partial charge in [-0.1, -0.05) is 0 Å². The highest BCUT2D eigenvalue weighted by molar-refractivity contribution is 6.64. The third kappa shape index (κ3) is 5.60. The second-order valence-electron chi connectivity index (χ2n) is 16.1. The van der Waals surface area contributed by atoms with Gasteiger partial charge in [0, 0.05) is 38.2 Å². The molecule has 0 amide bonds. The minimum absolute atomic E-state index is 2.06. The van der Waals surface area contributed by atoms with Gasteiger partial charge in [-0.05, 0) is 0 Å². The van der Waals surface area contributed by atoms with Crippen molar-refractivity contribution >= 4 is 77.2 Å². The maximum atomic E-state index is 16.7. The van der Waals surface area contributed by atoms with Gasteiger partial charge in [-0.25, -0.2) is 101 Å². The van der Waals surface area contributed by atoms with Crippen molar-refractivity contribution in [2.45, 2.75) is 5.92 Å². The van der Waals surface area contributed by atoms with Crippen molar-refractivity contribution in [3.05, 3.63) is 157 Å². The first kappa shape index (κ1) is 49.3. The Labute approximate surface area is 390 Å². The van der Waals surface area contributed by atoms with E-state index in [4.69, 9.17) is 9.31 Å². The van der Waals surface area contributed by atoms with E-state index in [1.165, 1.54) is 0 Å². The molecule has 11 rings (SSSR count). The van der Waals surface area contributed by atoms with Crippen molar-refractivity contribution in [1.29, 1.82) is 0 Å². The van der Waals surface area contributed by atoms with Gasteiger partial charge in [0.2, 0.25) is 0 Å². The number of hydrogen-bond donors (Lipinski definition) is 0. The second kappa shape index (κ2) is 15.3. The van der Waals surface area contributed by atoms with Crippen LogP contribution in [0.25, 0.3) is 75.8 Å². The van der Waals surface area contributed by atoms with E-state index in [9.17, 15) is 17.6 Å². The molecule has 0 fully saturated rings. The van der Waals surface area contributed by atoms with Crippen LogP contribution in [-0.4, -0.2) is 7.12 Å². The summed E-state index contributed by atoms with van der Waals surface area (Å²) >= 11 is 0. The van der Waals surface area contributed by atoms with Crippen LogP contribution < -0.4 is 14.8 Å². The smallest absolute Gasteiger partial charge is 0.519 e. The summed E-state index contributed by atoms with van der Waals surface area (Å²) in [5.41, 5.74) is -14.5. The normalized spacial score (nSPS) is 13.4. The lowest BCUT2D eigenvalue weighted by Crippen LogP contribution is -2.49. The van der Waals surface area contributed by atoms with Crippen LogP contribution in [0.1, 0.15) is 11.1 Å². The molecule has 10 aromatic carbocycles.